The summed E-state index contributed by atoms with van der Waals surface area (Å²) >= 11 is 0. The lowest BCUT2D eigenvalue weighted by atomic mass is 9.71. The van der Waals surface area contributed by atoms with Gasteiger partial charge in [-0.05, 0) is 30.4 Å². The molecule has 0 spiro atoms. The Labute approximate surface area is 120 Å². The molecule has 1 aromatic heterocycles. The Balaban J connectivity index is 2.37. The average Bonchev–Trinajstić information content (AvgIpc) is 3.25. The Morgan fingerprint density at radius 2 is 2.19 bits per heavy atom. The summed E-state index contributed by atoms with van der Waals surface area (Å²) in [7, 11) is 2.22. The van der Waals surface area contributed by atoms with E-state index in [0.717, 1.165) is 26.2 Å². The summed E-state index contributed by atoms with van der Waals surface area (Å²) in [5.74, 6) is -1.73. The smallest absolute Gasteiger partial charge is 0.305 e. The molecule has 1 saturated carbocycles. The van der Waals surface area contributed by atoms with E-state index in [1.54, 1.807) is 4.57 Å². The number of fused-ring (bicyclic) bond motifs is 1. The molecule has 0 saturated heterocycles. The molecule has 0 unspecified atom stereocenters. The molecule has 3 rings (SSSR count). The van der Waals surface area contributed by atoms with Gasteiger partial charge >= 0.3 is 7.28 Å². The zero-order valence-electron chi connectivity index (χ0n) is 11.3. The van der Waals surface area contributed by atoms with Gasteiger partial charge in [-0.2, -0.15) is 0 Å². The average molecular weight is 288 g/mol. The van der Waals surface area contributed by atoms with Crippen LogP contribution in [-0.4, -0.2) is 29.9 Å². The van der Waals surface area contributed by atoms with Gasteiger partial charge in [0, 0.05) is 17.6 Å². The fraction of sp³-hybridized carbons (Fsp3) is 0.286. The van der Waals surface area contributed by atoms with E-state index in [-0.39, 0.29) is 22.6 Å². The molecule has 2 aromatic rings. The number of hydrogen-bond acceptors (Lipinski definition) is 3. The number of aromatic nitrogens is 1. The molecule has 1 aliphatic carbocycles. The summed E-state index contributed by atoms with van der Waals surface area (Å²) < 4.78 is 20.7. The molecule has 0 amide bonds. The predicted molar refractivity (Wildman–Crippen MR) is 76.4 cm³/mol. The Bertz CT molecular complexity index is 798. The fourth-order valence-electron chi connectivity index (χ4n) is 2.49. The van der Waals surface area contributed by atoms with Gasteiger partial charge in [0.2, 0.25) is 5.87 Å². The summed E-state index contributed by atoms with van der Waals surface area (Å²) in [5, 5.41) is 9.12. The van der Waals surface area contributed by atoms with Crippen LogP contribution < -0.4 is 15.6 Å². The summed E-state index contributed by atoms with van der Waals surface area (Å²) in [6.45, 7) is 0. The van der Waals surface area contributed by atoms with Gasteiger partial charge < -0.3 is 14.4 Å². The molecule has 0 atom stereocenters. The first-order valence-corrected chi connectivity index (χ1v) is 6.52. The molecule has 7 heteroatoms. The number of ether oxygens (including phenoxy) is 1. The van der Waals surface area contributed by atoms with E-state index < -0.39 is 17.1 Å². The van der Waals surface area contributed by atoms with Gasteiger partial charge in [0.25, 0.3) is 0 Å². The lowest BCUT2D eigenvalue weighted by Gasteiger charge is -2.15. The third-order valence-corrected chi connectivity index (χ3v) is 3.55. The highest BCUT2D eigenvalue weighted by molar-refractivity contribution is 6.82. The molecule has 0 bridgehead atoms. The van der Waals surface area contributed by atoms with Gasteiger partial charge in [0.05, 0.1) is 12.6 Å². The number of methoxy groups -OCH3 is 1. The number of benzene rings is 1. The first-order valence-electron chi connectivity index (χ1n) is 6.52. The summed E-state index contributed by atoms with van der Waals surface area (Å²) in [5.41, 5.74) is 0.0192. The summed E-state index contributed by atoms with van der Waals surface area (Å²) in [4.78, 5) is 23.2. The Kier molecular flexibility index (Phi) is 3.20. The second-order valence-corrected chi connectivity index (χ2v) is 5.01. The van der Waals surface area contributed by atoms with Crippen LogP contribution in [-0.2, 0) is 0 Å². The maximum atomic E-state index is 13.9. The van der Waals surface area contributed by atoms with Crippen LogP contribution in [0.5, 0.6) is 5.75 Å². The molecule has 1 N–H and O–H groups in total. The molecule has 5 nitrogen and oxygen atoms in total. The van der Waals surface area contributed by atoms with Crippen molar-refractivity contribution in [3.8, 4) is 5.75 Å². The van der Waals surface area contributed by atoms with Gasteiger partial charge in [0.15, 0.2) is 17.0 Å². The third-order valence-electron chi connectivity index (χ3n) is 3.55. The second-order valence-electron chi connectivity index (χ2n) is 5.01. The second kappa shape index (κ2) is 4.91. The molecule has 107 valence electrons. The van der Waals surface area contributed by atoms with Gasteiger partial charge in [0.1, 0.15) is 0 Å². The first kappa shape index (κ1) is 13.7. The van der Waals surface area contributed by atoms with E-state index in [1.807, 2.05) is 0 Å². The molecule has 1 fully saturated rings. The van der Waals surface area contributed by atoms with Crippen LogP contribution in [0.15, 0.2) is 23.1 Å². The highest BCUT2D eigenvalue weighted by Crippen LogP contribution is 2.39. The summed E-state index contributed by atoms with van der Waals surface area (Å²) in [6, 6.07) is 2.67. The van der Waals surface area contributed by atoms with Crippen LogP contribution in [0.2, 0.25) is 0 Å². The van der Waals surface area contributed by atoms with Gasteiger partial charge in [-0.3, -0.25) is 9.59 Å². The van der Waals surface area contributed by atoms with E-state index in [9.17, 15) is 14.0 Å². The molecule has 21 heavy (non-hydrogen) atoms. The maximum Gasteiger partial charge on any atom is 0.305 e. The Morgan fingerprint density at radius 1 is 1.48 bits per heavy atom. The first-order chi connectivity index (χ1) is 10.0. The monoisotopic (exact) mass is 288 g/mol. The predicted octanol–water partition coefficient (Wildman–Crippen LogP) is 1.49. The van der Waals surface area contributed by atoms with Crippen LogP contribution >= 0.6 is 0 Å². The zero-order chi connectivity index (χ0) is 15.1. The van der Waals surface area contributed by atoms with Crippen LogP contribution in [0.4, 0.5) is 9.18 Å². The van der Waals surface area contributed by atoms with E-state index in [2.05, 4.69) is 0 Å². The third kappa shape index (κ3) is 2.28. The van der Waals surface area contributed by atoms with Crippen molar-refractivity contribution in [1.29, 1.82) is 0 Å². The normalized spacial score (nSPS) is 14.2. The fourth-order valence-corrected chi connectivity index (χ4v) is 2.49. The number of halogens is 1. The number of rotatable bonds is 4. The number of carbonyl (C=O) groups is 1. The molecular weight excluding hydrogens is 276 g/mol. The standard InChI is InChI=1S/C14H12BFNO4/c1-21-13-10(16)5-4-8-11(13)17(7-2-3-7)6-9(12(8)18)15-14(19)20/h4-7H,2-3H2,1H3,(H,19,20). The summed E-state index contributed by atoms with van der Waals surface area (Å²) in [6.07, 6.45) is 3.28. The van der Waals surface area contributed by atoms with Crippen LogP contribution in [0.25, 0.3) is 10.9 Å². The number of nitrogens with zero attached hydrogens (tertiary/aromatic N) is 1. The SMILES string of the molecule is COc1c(F)ccc2c(=O)c([B]C(=O)O)cn(C3CC3)c12. The van der Waals surface area contributed by atoms with Crippen molar-refractivity contribution in [3.05, 3.63) is 34.4 Å². The van der Waals surface area contributed by atoms with Crippen LogP contribution in [0.3, 0.4) is 0 Å². The molecule has 1 heterocycles. The highest BCUT2D eigenvalue weighted by atomic mass is 19.1. The topological polar surface area (TPSA) is 68.5 Å². The van der Waals surface area contributed by atoms with Crippen molar-refractivity contribution in [3.63, 3.8) is 0 Å². The van der Waals surface area contributed by atoms with E-state index in [0.29, 0.717) is 5.52 Å². The molecule has 1 radical (unpaired) electrons. The van der Waals surface area contributed by atoms with Crippen molar-refractivity contribution < 1.29 is 19.0 Å². The van der Waals surface area contributed by atoms with Crippen molar-refractivity contribution in [2.24, 2.45) is 0 Å². The van der Waals surface area contributed by atoms with E-state index in [4.69, 9.17) is 9.84 Å². The van der Waals surface area contributed by atoms with Crippen LogP contribution in [0, 0.1) is 5.82 Å². The van der Waals surface area contributed by atoms with E-state index >= 15 is 0 Å². The van der Waals surface area contributed by atoms with E-state index in [1.165, 1.54) is 19.4 Å². The number of hydrogen-bond donors (Lipinski definition) is 1. The minimum absolute atomic E-state index is 0.0124. The lowest BCUT2D eigenvalue weighted by Crippen LogP contribution is -2.37. The van der Waals surface area contributed by atoms with Gasteiger partial charge in [-0.25, -0.2) is 4.39 Å². The molecule has 1 aliphatic rings. The maximum absolute atomic E-state index is 13.9. The van der Waals surface area contributed by atoms with Gasteiger partial charge in [-0.15, -0.1) is 0 Å². The zero-order valence-corrected chi connectivity index (χ0v) is 11.3. The molecule has 0 aliphatic heterocycles. The minimum Gasteiger partial charge on any atom is -0.492 e. The molecular formula is C14H12BFNO4. The van der Waals surface area contributed by atoms with Gasteiger partial charge in [-0.1, -0.05) is 0 Å². The molecule has 1 aromatic carbocycles. The van der Waals surface area contributed by atoms with Crippen LogP contribution in [0.1, 0.15) is 18.9 Å². The van der Waals surface area contributed by atoms with Crippen molar-refractivity contribution in [1.82, 2.24) is 4.57 Å². The highest BCUT2D eigenvalue weighted by Gasteiger charge is 2.28. The Morgan fingerprint density at radius 3 is 2.76 bits per heavy atom. The number of carboxylic acid groups (broad SMARTS) is 1. The van der Waals surface area contributed by atoms with Crippen molar-refractivity contribution in [2.75, 3.05) is 7.11 Å². The lowest BCUT2D eigenvalue weighted by molar-refractivity contribution is 0.220. The largest absolute Gasteiger partial charge is 0.492 e. The van der Waals surface area contributed by atoms with Crippen molar-refractivity contribution >= 4 is 29.5 Å². The number of pyridine rings is 1. The Hall–Kier alpha value is -2.31. The quantitative estimate of drug-likeness (QED) is 0.865. The van der Waals surface area contributed by atoms with Crippen molar-refractivity contribution in [2.45, 2.75) is 18.9 Å². The minimum atomic E-state index is -1.19.